The summed E-state index contributed by atoms with van der Waals surface area (Å²) < 4.78 is 6.06. The number of imide groups is 1. The third-order valence-corrected chi connectivity index (χ3v) is 6.56. The summed E-state index contributed by atoms with van der Waals surface area (Å²) in [6.45, 7) is 2.33. The topological polar surface area (TPSA) is 87.1 Å². The van der Waals surface area contributed by atoms with Crippen LogP contribution in [-0.2, 0) is 14.3 Å². The molecule has 0 aromatic heterocycles. The summed E-state index contributed by atoms with van der Waals surface area (Å²) >= 11 is 0. The number of aliphatic hydroxyl groups excluding tert-OH is 1. The van der Waals surface area contributed by atoms with Gasteiger partial charge in [0.25, 0.3) is 0 Å². The molecule has 0 radical (unpaired) electrons. The molecule has 0 unspecified atom stereocenters. The number of para-hydroxylation sites is 1. The summed E-state index contributed by atoms with van der Waals surface area (Å²) in [6.07, 6.45) is 3.77. The van der Waals surface area contributed by atoms with Crippen LogP contribution >= 0.6 is 0 Å². The van der Waals surface area contributed by atoms with Gasteiger partial charge in [-0.25, -0.2) is 0 Å². The molecule has 4 rings (SSSR count). The number of allylic oxidation sites excluding steroid dienone is 1. The van der Waals surface area contributed by atoms with Crippen molar-refractivity contribution in [2.24, 2.45) is 17.8 Å². The lowest BCUT2D eigenvalue weighted by Crippen LogP contribution is -2.34. The van der Waals surface area contributed by atoms with Gasteiger partial charge in [-0.3, -0.25) is 14.5 Å². The molecular weight excluding hydrogens is 370 g/mol. The van der Waals surface area contributed by atoms with E-state index in [0.29, 0.717) is 13.0 Å². The van der Waals surface area contributed by atoms with E-state index < -0.39 is 0 Å². The molecule has 2 heterocycles. The normalized spacial score (nSPS) is 29.5. The van der Waals surface area contributed by atoms with Gasteiger partial charge in [-0.15, -0.1) is 0 Å². The average Bonchev–Trinajstić information content (AvgIpc) is 3.23. The van der Waals surface area contributed by atoms with E-state index in [1.807, 2.05) is 25.1 Å². The molecule has 2 amide bonds. The van der Waals surface area contributed by atoms with Crippen molar-refractivity contribution in [3.63, 3.8) is 0 Å². The first-order valence-electron chi connectivity index (χ1n) is 10.1. The van der Waals surface area contributed by atoms with Gasteiger partial charge in [0.1, 0.15) is 5.75 Å². The zero-order valence-electron chi connectivity index (χ0n) is 16.8. The highest BCUT2D eigenvalue weighted by Gasteiger charge is 2.55. The van der Waals surface area contributed by atoms with Crippen LogP contribution < -0.4 is 0 Å². The van der Waals surface area contributed by atoms with E-state index in [0.717, 1.165) is 35.1 Å². The lowest BCUT2D eigenvalue weighted by molar-refractivity contribution is -0.138. The lowest BCUT2D eigenvalue weighted by atomic mass is 9.69. The summed E-state index contributed by atoms with van der Waals surface area (Å²) in [5.41, 5.74) is 3.78. The van der Waals surface area contributed by atoms with Crippen LogP contribution in [0, 0.1) is 17.8 Å². The minimum absolute atomic E-state index is 0.104. The van der Waals surface area contributed by atoms with E-state index in [1.165, 1.54) is 4.90 Å². The van der Waals surface area contributed by atoms with Gasteiger partial charge in [0, 0.05) is 18.5 Å². The smallest absolute Gasteiger partial charge is 0.233 e. The number of hydrogen-bond acceptors (Lipinski definition) is 5. The van der Waals surface area contributed by atoms with Gasteiger partial charge >= 0.3 is 0 Å². The predicted octanol–water partition coefficient (Wildman–Crippen LogP) is 2.51. The maximum Gasteiger partial charge on any atom is 0.233 e. The Morgan fingerprint density at radius 2 is 2.00 bits per heavy atom. The molecule has 3 aliphatic rings. The zero-order chi connectivity index (χ0) is 20.7. The van der Waals surface area contributed by atoms with Crippen molar-refractivity contribution in [2.75, 3.05) is 20.3 Å². The summed E-state index contributed by atoms with van der Waals surface area (Å²) in [5.74, 6) is -0.866. The molecule has 154 valence electrons. The minimum atomic E-state index is -0.367. The third kappa shape index (κ3) is 3.40. The van der Waals surface area contributed by atoms with Gasteiger partial charge < -0.3 is 14.9 Å². The predicted molar refractivity (Wildman–Crippen MR) is 108 cm³/mol. The van der Waals surface area contributed by atoms with Gasteiger partial charge in [-0.2, -0.15) is 0 Å². The Labute approximate surface area is 170 Å². The number of phenolic OH excluding ortho intramolecular Hbond substituents is 1. The molecule has 2 fully saturated rings. The van der Waals surface area contributed by atoms with Crippen LogP contribution in [0.15, 0.2) is 41.0 Å². The summed E-state index contributed by atoms with van der Waals surface area (Å²) in [7, 11) is 1.54. The van der Waals surface area contributed by atoms with E-state index in [4.69, 9.17) is 4.74 Å². The minimum Gasteiger partial charge on any atom is -0.507 e. The SMILES string of the molecule is C/C(=C\c1ccccc1O)CC[C@H]1OC[C@H]2C1=C(CO)C[C@H]1C(=O)N(C)C(=O)[C@H]12. The van der Waals surface area contributed by atoms with Crippen LogP contribution in [0.5, 0.6) is 5.75 Å². The molecule has 0 spiro atoms. The average molecular weight is 397 g/mol. The molecule has 1 aliphatic carbocycles. The Morgan fingerprint density at radius 3 is 2.72 bits per heavy atom. The van der Waals surface area contributed by atoms with Crippen molar-refractivity contribution >= 4 is 17.9 Å². The number of amides is 2. The maximum absolute atomic E-state index is 12.6. The molecule has 6 nitrogen and oxygen atoms in total. The van der Waals surface area contributed by atoms with Crippen LogP contribution in [0.2, 0.25) is 0 Å². The van der Waals surface area contributed by atoms with Crippen molar-refractivity contribution in [1.29, 1.82) is 0 Å². The second-order valence-electron chi connectivity index (χ2n) is 8.31. The van der Waals surface area contributed by atoms with Crippen LogP contribution in [0.1, 0.15) is 31.7 Å². The number of phenols is 1. The van der Waals surface area contributed by atoms with Gasteiger partial charge in [-0.1, -0.05) is 29.8 Å². The quantitative estimate of drug-likeness (QED) is 0.589. The first-order valence-corrected chi connectivity index (χ1v) is 10.1. The number of fused-ring (bicyclic) bond motifs is 3. The molecule has 2 N–H and O–H groups in total. The number of carbonyl (C=O) groups excluding carboxylic acids is 2. The van der Waals surface area contributed by atoms with Crippen molar-refractivity contribution in [2.45, 2.75) is 32.3 Å². The lowest BCUT2D eigenvalue weighted by Gasteiger charge is -2.31. The first-order chi connectivity index (χ1) is 13.9. The molecule has 2 saturated heterocycles. The Hall–Kier alpha value is -2.44. The fourth-order valence-electron chi connectivity index (χ4n) is 5.08. The standard InChI is InChI=1S/C23H27NO5/c1-13(9-14-5-3-4-6-18(14)26)7-8-19-20-15(11-25)10-16-21(17(20)12-29-19)23(28)24(2)22(16)27/h3-6,9,16-17,19,21,25-26H,7-8,10-12H2,1-2H3/b13-9+/t16-,17+,19-,21-/m1/s1. The highest BCUT2D eigenvalue weighted by Crippen LogP contribution is 2.49. The Balaban J connectivity index is 1.52. The van der Waals surface area contributed by atoms with Gasteiger partial charge in [0.05, 0.1) is 31.2 Å². The van der Waals surface area contributed by atoms with Crippen molar-refractivity contribution in [3.05, 3.63) is 46.5 Å². The van der Waals surface area contributed by atoms with Crippen molar-refractivity contribution in [3.8, 4) is 5.75 Å². The second kappa shape index (κ2) is 7.76. The van der Waals surface area contributed by atoms with E-state index in [2.05, 4.69) is 0 Å². The molecular formula is C23H27NO5. The molecule has 0 saturated carbocycles. The van der Waals surface area contributed by atoms with Gasteiger partial charge in [0.2, 0.25) is 11.8 Å². The van der Waals surface area contributed by atoms with Crippen LogP contribution in [0.3, 0.4) is 0 Å². The fourth-order valence-corrected chi connectivity index (χ4v) is 5.08. The fraction of sp³-hybridized carbons (Fsp3) is 0.478. The van der Waals surface area contributed by atoms with E-state index >= 15 is 0 Å². The molecule has 1 aromatic carbocycles. The number of aromatic hydroxyl groups is 1. The number of benzene rings is 1. The molecule has 6 heteroatoms. The molecule has 0 bridgehead atoms. The van der Waals surface area contributed by atoms with Crippen LogP contribution in [0.4, 0.5) is 0 Å². The maximum atomic E-state index is 12.6. The highest BCUT2D eigenvalue weighted by molar-refractivity contribution is 6.05. The summed E-state index contributed by atoms with van der Waals surface area (Å²) in [5, 5.41) is 19.9. The number of nitrogens with zero attached hydrogens (tertiary/aromatic N) is 1. The Bertz CT molecular complexity index is 902. The number of rotatable bonds is 5. The molecule has 1 aromatic rings. The summed E-state index contributed by atoms with van der Waals surface area (Å²) in [4.78, 5) is 26.3. The largest absolute Gasteiger partial charge is 0.507 e. The molecule has 2 aliphatic heterocycles. The van der Waals surface area contributed by atoms with E-state index in [-0.39, 0.29) is 48.0 Å². The third-order valence-electron chi connectivity index (χ3n) is 6.56. The van der Waals surface area contributed by atoms with E-state index in [9.17, 15) is 19.8 Å². The molecule has 4 atom stereocenters. The second-order valence-corrected chi connectivity index (χ2v) is 8.31. The number of hydrogen-bond donors (Lipinski definition) is 2. The number of aliphatic hydroxyl groups is 1. The van der Waals surface area contributed by atoms with E-state index in [1.54, 1.807) is 19.2 Å². The number of likely N-dealkylation sites (tertiary alicyclic amines) is 1. The highest BCUT2D eigenvalue weighted by atomic mass is 16.5. The Kier molecular flexibility index (Phi) is 5.32. The summed E-state index contributed by atoms with van der Waals surface area (Å²) in [6, 6.07) is 7.21. The monoisotopic (exact) mass is 397 g/mol. The first kappa shape index (κ1) is 19.9. The van der Waals surface area contributed by atoms with Crippen LogP contribution in [-0.4, -0.2) is 53.3 Å². The zero-order valence-corrected chi connectivity index (χ0v) is 16.8. The Morgan fingerprint density at radius 1 is 1.24 bits per heavy atom. The van der Waals surface area contributed by atoms with Crippen LogP contribution in [0.25, 0.3) is 6.08 Å². The molecule has 29 heavy (non-hydrogen) atoms. The number of ether oxygens (including phenoxy) is 1. The number of carbonyl (C=O) groups is 2. The van der Waals surface area contributed by atoms with Gasteiger partial charge in [-0.05, 0) is 43.4 Å². The van der Waals surface area contributed by atoms with Gasteiger partial charge in [0.15, 0.2) is 0 Å². The van der Waals surface area contributed by atoms with Crippen molar-refractivity contribution < 1.29 is 24.5 Å². The van der Waals surface area contributed by atoms with Crippen molar-refractivity contribution in [1.82, 2.24) is 4.90 Å².